The second-order valence-electron chi connectivity index (χ2n) is 7.16. The summed E-state index contributed by atoms with van der Waals surface area (Å²) in [6.45, 7) is 2.75. The van der Waals surface area contributed by atoms with Crippen LogP contribution >= 0.6 is 11.8 Å². The number of carbonyl (C=O) groups excluding carboxylic acids is 1. The van der Waals surface area contributed by atoms with E-state index in [0.717, 1.165) is 16.9 Å². The van der Waals surface area contributed by atoms with Gasteiger partial charge in [-0.15, -0.1) is 0 Å². The number of nitrogens with one attached hydrogen (secondary N) is 1. The number of non-ortho nitro benzene ring substituents is 1. The van der Waals surface area contributed by atoms with Gasteiger partial charge in [0.15, 0.2) is 5.17 Å². The van der Waals surface area contributed by atoms with Crippen molar-refractivity contribution < 1.29 is 19.2 Å². The van der Waals surface area contributed by atoms with Gasteiger partial charge in [0.05, 0.1) is 22.1 Å². The third-order valence-electron chi connectivity index (χ3n) is 4.78. The molecule has 3 aromatic carbocycles. The van der Waals surface area contributed by atoms with Crippen molar-refractivity contribution in [2.45, 2.75) is 13.5 Å². The van der Waals surface area contributed by atoms with E-state index in [9.17, 15) is 14.9 Å². The van der Waals surface area contributed by atoms with E-state index in [2.05, 4.69) is 10.3 Å². The number of thioether (sulfide) groups is 1. The lowest BCUT2D eigenvalue weighted by atomic mass is 10.1. The molecular weight excluding hydrogens is 454 g/mol. The number of aliphatic imine (C=N–C) groups is 1. The minimum absolute atomic E-state index is 0.0286. The van der Waals surface area contributed by atoms with E-state index in [1.807, 2.05) is 55.5 Å². The molecule has 1 fully saturated rings. The lowest BCUT2D eigenvalue weighted by Gasteiger charge is -2.09. The first-order valence-electron chi connectivity index (χ1n) is 10.5. The van der Waals surface area contributed by atoms with Crippen molar-refractivity contribution in [2.24, 2.45) is 4.99 Å². The summed E-state index contributed by atoms with van der Waals surface area (Å²) in [5.74, 6) is 1.12. The first-order valence-corrected chi connectivity index (χ1v) is 11.3. The molecule has 0 radical (unpaired) electrons. The Kier molecular flexibility index (Phi) is 7.24. The molecule has 1 N–H and O–H groups in total. The Morgan fingerprint density at radius 3 is 2.47 bits per heavy atom. The minimum atomic E-state index is -0.441. The molecule has 0 spiro atoms. The molecule has 0 atom stereocenters. The van der Waals surface area contributed by atoms with Crippen LogP contribution in [-0.4, -0.2) is 22.6 Å². The summed E-state index contributed by atoms with van der Waals surface area (Å²) >= 11 is 1.25. The number of nitro benzene ring substituents is 1. The summed E-state index contributed by atoms with van der Waals surface area (Å²) in [6, 6.07) is 20.9. The van der Waals surface area contributed by atoms with E-state index >= 15 is 0 Å². The van der Waals surface area contributed by atoms with Gasteiger partial charge in [0.25, 0.3) is 11.6 Å². The topological polar surface area (TPSA) is 103 Å². The highest BCUT2D eigenvalue weighted by Gasteiger charge is 2.24. The van der Waals surface area contributed by atoms with Crippen LogP contribution in [-0.2, 0) is 11.4 Å². The SMILES string of the molecule is CCOc1ccc(N=C2NC(=O)/C(=C\c3ccccc3OCc3ccc([N+](=O)[O-])cc3)S2)cc1. The molecule has 8 nitrogen and oxygen atoms in total. The van der Waals surface area contributed by atoms with Crippen LogP contribution in [0.3, 0.4) is 0 Å². The highest BCUT2D eigenvalue weighted by molar-refractivity contribution is 8.18. The molecule has 0 saturated carbocycles. The Bertz CT molecular complexity index is 1250. The molecule has 0 aromatic heterocycles. The third-order valence-corrected chi connectivity index (χ3v) is 5.69. The first kappa shape index (κ1) is 23.1. The van der Waals surface area contributed by atoms with Crippen molar-refractivity contribution in [1.82, 2.24) is 5.32 Å². The largest absolute Gasteiger partial charge is 0.494 e. The number of rotatable bonds is 8. The van der Waals surface area contributed by atoms with Crippen molar-refractivity contribution in [3.05, 3.63) is 98.9 Å². The third kappa shape index (κ3) is 5.81. The Morgan fingerprint density at radius 2 is 1.76 bits per heavy atom. The van der Waals surface area contributed by atoms with E-state index in [1.165, 1.54) is 23.9 Å². The van der Waals surface area contributed by atoms with Crippen molar-refractivity contribution in [3.8, 4) is 11.5 Å². The molecule has 0 aliphatic carbocycles. The highest BCUT2D eigenvalue weighted by Crippen LogP contribution is 2.31. The number of hydrogen-bond acceptors (Lipinski definition) is 7. The minimum Gasteiger partial charge on any atom is -0.494 e. The molecule has 0 bridgehead atoms. The van der Waals surface area contributed by atoms with Crippen LogP contribution in [0.1, 0.15) is 18.1 Å². The van der Waals surface area contributed by atoms with E-state index in [-0.39, 0.29) is 18.2 Å². The van der Waals surface area contributed by atoms with E-state index in [0.29, 0.717) is 28.1 Å². The first-order chi connectivity index (χ1) is 16.5. The number of ether oxygens (including phenoxy) is 2. The second kappa shape index (κ2) is 10.7. The maximum atomic E-state index is 12.5. The quantitative estimate of drug-likeness (QED) is 0.263. The lowest BCUT2D eigenvalue weighted by molar-refractivity contribution is -0.384. The Morgan fingerprint density at radius 1 is 1.03 bits per heavy atom. The zero-order valence-corrected chi connectivity index (χ0v) is 19.1. The predicted molar refractivity (Wildman–Crippen MR) is 132 cm³/mol. The number of amides is 1. The fourth-order valence-corrected chi connectivity index (χ4v) is 3.96. The highest BCUT2D eigenvalue weighted by atomic mass is 32.2. The van der Waals surface area contributed by atoms with Crippen molar-refractivity contribution in [1.29, 1.82) is 0 Å². The van der Waals surface area contributed by atoms with Crippen molar-refractivity contribution in [3.63, 3.8) is 0 Å². The summed E-state index contributed by atoms with van der Waals surface area (Å²) < 4.78 is 11.4. The molecule has 1 saturated heterocycles. The maximum Gasteiger partial charge on any atom is 0.269 e. The summed E-state index contributed by atoms with van der Waals surface area (Å²) in [5, 5.41) is 14.1. The van der Waals surface area contributed by atoms with Gasteiger partial charge >= 0.3 is 0 Å². The molecule has 1 amide bonds. The lowest BCUT2D eigenvalue weighted by Crippen LogP contribution is -2.19. The molecule has 1 heterocycles. The number of nitrogens with zero attached hydrogens (tertiary/aromatic N) is 2. The van der Waals surface area contributed by atoms with Gasteiger partial charge in [-0.05, 0) is 72.8 Å². The normalized spacial score (nSPS) is 15.4. The molecule has 9 heteroatoms. The molecule has 3 aromatic rings. The molecule has 172 valence electrons. The number of nitro groups is 1. The van der Waals surface area contributed by atoms with Gasteiger partial charge in [-0.2, -0.15) is 0 Å². The number of hydrogen-bond donors (Lipinski definition) is 1. The van der Waals surface area contributed by atoms with Gasteiger partial charge in [0.1, 0.15) is 18.1 Å². The summed E-state index contributed by atoms with van der Waals surface area (Å²) in [4.78, 5) is 27.9. The Labute approximate surface area is 200 Å². The molecule has 34 heavy (non-hydrogen) atoms. The van der Waals surface area contributed by atoms with Gasteiger partial charge in [-0.1, -0.05) is 18.2 Å². The summed E-state index contributed by atoms with van der Waals surface area (Å²) in [5.41, 5.74) is 2.27. The van der Waals surface area contributed by atoms with Crippen molar-refractivity contribution >= 4 is 40.3 Å². The number of amidine groups is 1. The molecule has 4 rings (SSSR count). The second-order valence-corrected chi connectivity index (χ2v) is 8.19. The number of para-hydroxylation sites is 1. The van der Waals surface area contributed by atoms with Crippen LogP contribution in [0.2, 0.25) is 0 Å². The maximum absolute atomic E-state index is 12.5. The van der Waals surface area contributed by atoms with Gasteiger partial charge in [0.2, 0.25) is 0 Å². The summed E-state index contributed by atoms with van der Waals surface area (Å²) in [7, 11) is 0. The number of carbonyl (C=O) groups is 1. The number of benzene rings is 3. The smallest absolute Gasteiger partial charge is 0.269 e. The van der Waals surface area contributed by atoms with E-state index < -0.39 is 4.92 Å². The summed E-state index contributed by atoms with van der Waals surface area (Å²) in [6.07, 6.45) is 1.76. The van der Waals surface area contributed by atoms with Gasteiger partial charge in [-0.25, -0.2) is 4.99 Å². The van der Waals surface area contributed by atoms with Gasteiger partial charge < -0.3 is 14.8 Å². The molecule has 1 aliphatic heterocycles. The Hall–Kier alpha value is -4.11. The van der Waals surface area contributed by atoms with Crippen molar-refractivity contribution in [2.75, 3.05) is 6.61 Å². The predicted octanol–water partition coefficient (Wildman–Crippen LogP) is 5.46. The monoisotopic (exact) mass is 475 g/mol. The fourth-order valence-electron chi connectivity index (χ4n) is 3.13. The van der Waals surface area contributed by atoms with Crippen LogP contribution in [0.5, 0.6) is 11.5 Å². The fraction of sp³-hybridized carbons (Fsp3) is 0.120. The average Bonchev–Trinajstić information content (AvgIpc) is 3.18. The Balaban J connectivity index is 1.46. The van der Waals surface area contributed by atoms with E-state index in [1.54, 1.807) is 18.2 Å². The standard InChI is InChI=1S/C25H21N3O5S/c1-2-32-21-13-9-19(10-14-21)26-25-27-24(29)23(34-25)15-18-5-3-4-6-22(18)33-16-17-7-11-20(12-8-17)28(30)31/h3-15H,2,16H2,1H3,(H,26,27,29)/b23-15+. The zero-order valence-electron chi connectivity index (χ0n) is 18.3. The molecule has 0 unspecified atom stereocenters. The van der Waals surface area contributed by atoms with Gasteiger partial charge in [0, 0.05) is 17.7 Å². The van der Waals surface area contributed by atoms with Crippen LogP contribution < -0.4 is 14.8 Å². The van der Waals surface area contributed by atoms with E-state index in [4.69, 9.17) is 9.47 Å². The van der Waals surface area contributed by atoms with Crippen LogP contribution in [0.15, 0.2) is 82.7 Å². The van der Waals surface area contributed by atoms with Crippen LogP contribution in [0, 0.1) is 10.1 Å². The van der Waals surface area contributed by atoms with Crippen LogP contribution in [0.4, 0.5) is 11.4 Å². The molecule has 1 aliphatic rings. The average molecular weight is 476 g/mol. The zero-order chi connectivity index (χ0) is 23.9. The van der Waals surface area contributed by atoms with Crippen LogP contribution in [0.25, 0.3) is 6.08 Å². The van der Waals surface area contributed by atoms with Gasteiger partial charge in [-0.3, -0.25) is 14.9 Å². The molecular formula is C25H21N3O5S.